The second-order valence-electron chi connectivity index (χ2n) is 7.38. The van der Waals surface area contributed by atoms with Crippen LogP contribution in [0.1, 0.15) is 48.8 Å². The number of benzene rings is 1. The molecule has 1 unspecified atom stereocenters. The van der Waals surface area contributed by atoms with Gasteiger partial charge in [-0.1, -0.05) is 43.1 Å². The SMILES string of the molecule is CC(C)(CNC(=O)c1ccn(C2CCCNC2)n1)c1ccc(Cl)c(Cl)c1.Cl. The Kier molecular flexibility index (Phi) is 7.57. The summed E-state index contributed by atoms with van der Waals surface area (Å²) in [4.78, 5) is 12.5. The number of nitrogens with zero attached hydrogens (tertiary/aromatic N) is 2. The molecule has 3 rings (SSSR count). The van der Waals surface area contributed by atoms with E-state index in [1.54, 1.807) is 12.1 Å². The third-order valence-corrected chi connectivity index (χ3v) is 5.62. The maximum absolute atomic E-state index is 12.5. The van der Waals surface area contributed by atoms with Gasteiger partial charge >= 0.3 is 0 Å². The number of amides is 1. The number of carbonyl (C=O) groups excluding carboxylic acids is 1. The minimum absolute atomic E-state index is 0. The molecular formula is C19H25Cl3N4O. The normalized spacial score (nSPS) is 17.3. The number of nitrogens with one attached hydrogen (secondary N) is 2. The van der Waals surface area contributed by atoms with E-state index in [0.717, 1.165) is 31.5 Å². The Balaban J connectivity index is 0.00000261. The fraction of sp³-hybridized carbons (Fsp3) is 0.474. The molecule has 2 aromatic rings. The highest BCUT2D eigenvalue weighted by Crippen LogP contribution is 2.29. The third-order valence-electron chi connectivity index (χ3n) is 4.88. The molecule has 1 atom stereocenters. The summed E-state index contributed by atoms with van der Waals surface area (Å²) >= 11 is 12.1. The molecule has 1 aliphatic heterocycles. The van der Waals surface area contributed by atoms with E-state index in [0.29, 0.717) is 28.3 Å². The molecule has 0 saturated carbocycles. The van der Waals surface area contributed by atoms with Crippen LogP contribution >= 0.6 is 35.6 Å². The van der Waals surface area contributed by atoms with Gasteiger partial charge in [0.15, 0.2) is 0 Å². The largest absolute Gasteiger partial charge is 0.350 e. The van der Waals surface area contributed by atoms with Crippen molar-refractivity contribution in [3.05, 3.63) is 51.8 Å². The number of hydrogen-bond acceptors (Lipinski definition) is 3. The fourth-order valence-corrected chi connectivity index (χ4v) is 3.43. The molecule has 148 valence electrons. The molecule has 0 radical (unpaired) electrons. The molecule has 0 spiro atoms. The molecular weight excluding hydrogens is 407 g/mol. The molecule has 1 fully saturated rings. The Labute approximate surface area is 176 Å². The van der Waals surface area contributed by atoms with Crippen molar-refractivity contribution >= 4 is 41.5 Å². The van der Waals surface area contributed by atoms with Crippen LogP contribution in [0.25, 0.3) is 0 Å². The summed E-state index contributed by atoms with van der Waals surface area (Å²) in [5.41, 5.74) is 1.19. The van der Waals surface area contributed by atoms with Crippen molar-refractivity contribution in [1.82, 2.24) is 20.4 Å². The molecule has 1 aromatic heterocycles. The molecule has 2 heterocycles. The molecule has 2 N–H and O–H groups in total. The fourth-order valence-electron chi connectivity index (χ4n) is 3.13. The summed E-state index contributed by atoms with van der Waals surface area (Å²) in [5, 5.41) is 11.8. The first-order chi connectivity index (χ1) is 12.4. The summed E-state index contributed by atoms with van der Waals surface area (Å²) in [6.45, 7) is 6.53. The number of hydrogen-bond donors (Lipinski definition) is 2. The first-order valence-corrected chi connectivity index (χ1v) is 9.62. The van der Waals surface area contributed by atoms with Crippen LogP contribution in [-0.4, -0.2) is 35.3 Å². The van der Waals surface area contributed by atoms with Crippen LogP contribution in [0.5, 0.6) is 0 Å². The zero-order valence-corrected chi connectivity index (χ0v) is 17.8. The van der Waals surface area contributed by atoms with E-state index in [9.17, 15) is 4.79 Å². The van der Waals surface area contributed by atoms with Gasteiger partial charge in [0, 0.05) is 24.7 Å². The van der Waals surface area contributed by atoms with Crippen molar-refractivity contribution in [3.8, 4) is 0 Å². The van der Waals surface area contributed by atoms with Crippen LogP contribution in [-0.2, 0) is 5.41 Å². The van der Waals surface area contributed by atoms with Gasteiger partial charge in [-0.3, -0.25) is 9.48 Å². The van der Waals surface area contributed by atoms with Gasteiger partial charge in [0.1, 0.15) is 5.69 Å². The Morgan fingerprint density at radius 2 is 2.11 bits per heavy atom. The van der Waals surface area contributed by atoms with Crippen LogP contribution < -0.4 is 10.6 Å². The minimum atomic E-state index is -0.278. The first-order valence-electron chi connectivity index (χ1n) is 8.86. The average molecular weight is 432 g/mol. The van der Waals surface area contributed by atoms with Gasteiger partial charge in [-0.15, -0.1) is 12.4 Å². The van der Waals surface area contributed by atoms with Gasteiger partial charge in [0.25, 0.3) is 5.91 Å². The summed E-state index contributed by atoms with van der Waals surface area (Å²) in [6, 6.07) is 7.66. The Morgan fingerprint density at radius 3 is 2.78 bits per heavy atom. The number of piperidine rings is 1. The van der Waals surface area contributed by atoms with Crippen LogP contribution in [0.15, 0.2) is 30.5 Å². The summed E-state index contributed by atoms with van der Waals surface area (Å²) in [6.07, 6.45) is 4.10. The topological polar surface area (TPSA) is 59.0 Å². The first kappa shape index (κ1) is 22.0. The van der Waals surface area contributed by atoms with Crippen molar-refractivity contribution in [2.75, 3.05) is 19.6 Å². The average Bonchev–Trinajstić information content (AvgIpc) is 3.13. The molecule has 5 nitrogen and oxygen atoms in total. The van der Waals surface area contributed by atoms with Crippen LogP contribution in [0.2, 0.25) is 10.0 Å². The monoisotopic (exact) mass is 430 g/mol. The minimum Gasteiger partial charge on any atom is -0.350 e. The lowest BCUT2D eigenvalue weighted by Crippen LogP contribution is -2.37. The van der Waals surface area contributed by atoms with Gasteiger partial charge in [-0.05, 0) is 43.1 Å². The van der Waals surface area contributed by atoms with Crippen LogP contribution in [0.4, 0.5) is 0 Å². The second-order valence-corrected chi connectivity index (χ2v) is 8.19. The predicted molar refractivity (Wildman–Crippen MR) is 112 cm³/mol. The predicted octanol–water partition coefficient (Wildman–Crippen LogP) is 4.24. The molecule has 27 heavy (non-hydrogen) atoms. The zero-order chi connectivity index (χ0) is 18.7. The van der Waals surface area contributed by atoms with E-state index in [-0.39, 0.29) is 23.7 Å². The lowest BCUT2D eigenvalue weighted by molar-refractivity contribution is 0.0939. The molecule has 0 bridgehead atoms. The quantitative estimate of drug-likeness (QED) is 0.744. The number of carbonyl (C=O) groups is 1. The zero-order valence-electron chi connectivity index (χ0n) is 15.5. The molecule has 1 aliphatic rings. The summed E-state index contributed by atoms with van der Waals surface area (Å²) < 4.78 is 1.89. The van der Waals surface area contributed by atoms with Crippen LogP contribution in [0.3, 0.4) is 0 Å². The standard InChI is InChI=1S/C19H24Cl2N4O.ClH/c1-19(2,13-5-6-15(20)16(21)10-13)12-23-18(26)17-7-9-25(24-17)14-4-3-8-22-11-14;/h5-7,9-10,14,22H,3-4,8,11-12H2,1-2H3,(H,23,26);1H. The second kappa shape index (κ2) is 9.28. The Bertz CT molecular complexity index is 785. The number of halogens is 3. The van der Waals surface area contributed by atoms with Gasteiger partial charge in [-0.25, -0.2) is 0 Å². The third kappa shape index (κ3) is 5.38. The van der Waals surface area contributed by atoms with Crippen LogP contribution in [0, 0.1) is 0 Å². The van der Waals surface area contributed by atoms with Crippen molar-refractivity contribution in [2.24, 2.45) is 0 Å². The van der Waals surface area contributed by atoms with Gasteiger partial charge in [0.05, 0.1) is 16.1 Å². The van der Waals surface area contributed by atoms with E-state index in [1.807, 2.05) is 23.0 Å². The maximum atomic E-state index is 12.5. The van der Waals surface area contributed by atoms with Crippen molar-refractivity contribution in [3.63, 3.8) is 0 Å². The lowest BCUT2D eigenvalue weighted by Gasteiger charge is -2.26. The molecule has 1 saturated heterocycles. The van der Waals surface area contributed by atoms with E-state index in [4.69, 9.17) is 23.2 Å². The van der Waals surface area contributed by atoms with E-state index in [1.165, 1.54) is 0 Å². The molecule has 0 aliphatic carbocycles. The molecule has 8 heteroatoms. The van der Waals surface area contributed by atoms with E-state index < -0.39 is 0 Å². The lowest BCUT2D eigenvalue weighted by atomic mass is 9.84. The van der Waals surface area contributed by atoms with Gasteiger partial charge in [0.2, 0.25) is 0 Å². The Hall–Kier alpha value is -1.27. The van der Waals surface area contributed by atoms with E-state index in [2.05, 4.69) is 29.6 Å². The smallest absolute Gasteiger partial charge is 0.271 e. The van der Waals surface area contributed by atoms with Gasteiger partial charge < -0.3 is 10.6 Å². The number of aromatic nitrogens is 2. The highest BCUT2D eigenvalue weighted by atomic mass is 35.5. The molecule has 1 aromatic carbocycles. The van der Waals surface area contributed by atoms with Gasteiger partial charge in [-0.2, -0.15) is 5.10 Å². The molecule has 1 amide bonds. The highest BCUT2D eigenvalue weighted by molar-refractivity contribution is 6.42. The maximum Gasteiger partial charge on any atom is 0.271 e. The van der Waals surface area contributed by atoms with Crippen molar-refractivity contribution in [1.29, 1.82) is 0 Å². The summed E-state index contributed by atoms with van der Waals surface area (Å²) in [7, 11) is 0. The van der Waals surface area contributed by atoms with E-state index >= 15 is 0 Å². The highest BCUT2D eigenvalue weighted by Gasteiger charge is 2.24. The van der Waals surface area contributed by atoms with Crippen molar-refractivity contribution < 1.29 is 4.79 Å². The van der Waals surface area contributed by atoms with Crippen molar-refractivity contribution in [2.45, 2.75) is 38.1 Å². The Morgan fingerprint density at radius 1 is 1.33 bits per heavy atom. The number of rotatable bonds is 5. The summed E-state index contributed by atoms with van der Waals surface area (Å²) in [5.74, 6) is -0.166.